The van der Waals surface area contributed by atoms with Crippen LogP contribution in [0.4, 0.5) is 0 Å². The van der Waals surface area contributed by atoms with Crippen LogP contribution in [0.5, 0.6) is 0 Å². The monoisotopic (exact) mass is 299 g/mol. The molecule has 21 heavy (non-hydrogen) atoms. The predicted molar refractivity (Wildman–Crippen MR) is 86.1 cm³/mol. The van der Waals surface area contributed by atoms with Gasteiger partial charge in [-0.05, 0) is 43.0 Å². The number of hydrogen-bond acceptors (Lipinski definition) is 3. The Kier molecular flexibility index (Phi) is 3.77. The van der Waals surface area contributed by atoms with Crippen LogP contribution in [0.3, 0.4) is 0 Å². The second kappa shape index (κ2) is 5.57. The van der Waals surface area contributed by atoms with E-state index in [-0.39, 0.29) is 5.41 Å². The Balaban J connectivity index is 2.21. The highest BCUT2D eigenvalue weighted by Gasteiger charge is 2.44. The van der Waals surface area contributed by atoms with Gasteiger partial charge in [0, 0.05) is 30.3 Å². The summed E-state index contributed by atoms with van der Waals surface area (Å²) in [6.45, 7) is 4.32. The highest BCUT2D eigenvalue weighted by molar-refractivity contribution is 6.29. The number of rotatable bonds is 3. The van der Waals surface area contributed by atoms with E-state index in [1.54, 1.807) is 6.20 Å². The molecule has 1 aliphatic rings. The summed E-state index contributed by atoms with van der Waals surface area (Å²) in [5, 5.41) is 0.515. The first-order chi connectivity index (χ1) is 10.2. The fraction of sp³-hybridized carbons (Fsp3) is 0.353. The van der Waals surface area contributed by atoms with Gasteiger partial charge in [0.2, 0.25) is 0 Å². The molecule has 3 rings (SSSR count). The van der Waals surface area contributed by atoms with Crippen LogP contribution in [-0.2, 0) is 5.41 Å². The standard InChI is InChI=1S/C17H18ClN3/c1-3-15-17(9-12(2)21-15,13-5-4-8-19-10-13)14-6-7-16(18)20-11-14/h4-8,10-12H,3,9H2,1-2H3/t12-,17?/m0/s1. The molecule has 0 N–H and O–H groups in total. The molecule has 3 nitrogen and oxygen atoms in total. The number of aromatic nitrogens is 2. The highest BCUT2D eigenvalue weighted by Crippen LogP contribution is 2.43. The zero-order valence-corrected chi connectivity index (χ0v) is 13.0. The summed E-state index contributed by atoms with van der Waals surface area (Å²) < 4.78 is 0. The highest BCUT2D eigenvalue weighted by atomic mass is 35.5. The average molecular weight is 300 g/mol. The van der Waals surface area contributed by atoms with Gasteiger partial charge in [-0.3, -0.25) is 9.98 Å². The predicted octanol–water partition coefficient (Wildman–Crippen LogP) is 4.06. The molecule has 3 heterocycles. The molecule has 2 aromatic heterocycles. The first kappa shape index (κ1) is 14.2. The van der Waals surface area contributed by atoms with E-state index >= 15 is 0 Å². The van der Waals surface area contributed by atoms with Crippen molar-refractivity contribution >= 4 is 17.3 Å². The van der Waals surface area contributed by atoms with Crippen molar-refractivity contribution in [1.82, 2.24) is 9.97 Å². The Morgan fingerprint density at radius 3 is 2.67 bits per heavy atom. The van der Waals surface area contributed by atoms with Crippen molar-refractivity contribution < 1.29 is 0 Å². The molecule has 0 aromatic carbocycles. The molecular weight excluding hydrogens is 282 g/mol. The lowest BCUT2D eigenvalue weighted by molar-refractivity contribution is 0.587. The SMILES string of the molecule is CCC1=N[C@@H](C)CC1(c1cccnc1)c1ccc(Cl)nc1. The second-order valence-corrected chi connectivity index (χ2v) is 5.89. The van der Waals surface area contributed by atoms with Crippen LogP contribution in [0, 0.1) is 0 Å². The van der Waals surface area contributed by atoms with E-state index in [2.05, 4.69) is 35.9 Å². The van der Waals surface area contributed by atoms with Gasteiger partial charge in [-0.1, -0.05) is 30.7 Å². The molecule has 0 saturated heterocycles. The van der Waals surface area contributed by atoms with E-state index in [9.17, 15) is 0 Å². The van der Waals surface area contributed by atoms with Gasteiger partial charge >= 0.3 is 0 Å². The lowest BCUT2D eigenvalue weighted by Gasteiger charge is -2.32. The minimum atomic E-state index is -0.222. The van der Waals surface area contributed by atoms with E-state index in [1.807, 2.05) is 24.5 Å². The molecule has 0 spiro atoms. The van der Waals surface area contributed by atoms with E-state index in [1.165, 1.54) is 11.3 Å². The van der Waals surface area contributed by atoms with Crippen LogP contribution in [0.25, 0.3) is 0 Å². The van der Waals surface area contributed by atoms with Gasteiger partial charge in [-0.15, -0.1) is 0 Å². The van der Waals surface area contributed by atoms with Crippen molar-refractivity contribution in [3.05, 3.63) is 59.1 Å². The topological polar surface area (TPSA) is 38.1 Å². The van der Waals surface area contributed by atoms with Crippen LogP contribution in [0.1, 0.15) is 37.8 Å². The van der Waals surface area contributed by atoms with Gasteiger partial charge in [0.05, 0.1) is 5.41 Å². The van der Waals surface area contributed by atoms with Crippen molar-refractivity contribution in [1.29, 1.82) is 0 Å². The third-order valence-electron chi connectivity index (χ3n) is 4.18. The quantitative estimate of drug-likeness (QED) is 0.802. The largest absolute Gasteiger partial charge is 0.290 e. The Hall–Kier alpha value is -1.74. The smallest absolute Gasteiger partial charge is 0.129 e. The maximum atomic E-state index is 5.96. The average Bonchev–Trinajstić information content (AvgIpc) is 2.86. The molecule has 0 fully saturated rings. The summed E-state index contributed by atoms with van der Waals surface area (Å²) in [5.74, 6) is 0. The number of nitrogens with zero attached hydrogens (tertiary/aromatic N) is 3. The van der Waals surface area contributed by atoms with Crippen LogP contribution in [0.2, 0.25) is 5.15 Å². The van der Waals surface area contributed by atoms with Gasteiger partial charge in [0.15, 0.2) is 0 Å². The number of aliphatic imine (C=N–C) groups is 1. The summed E-state index contributed by atoms with van der Waals surface area (Å²) in [5.41, 5.74) is 3.30. The summed E-state index contributed by atoms with van der Waals surface area (Å²) in [6, 6.07) is 8.33. The molecule has 0 radical (unpaired) electrons. The molecule has 108 valence electrons. The maximum absolute atomic E-state index is 5.96. The summed E-state index contributed by atoms with van der Waals surface area (Å²) in [7, 11) is 0. The first-order valence-corrected chi connectivity index (χ1v) is 7.64. The summed E-state index contributed by atoms with van der Waals surface area (Å²) >= 11 is 5.96. The molecule has 0 bridgehead atoms. The van der Waals surface area contributed by atoms with Crippen molar-refractivity contribution in [2.45, 2.75) is 38.1 Å². The first-order valence-electron chi connectivity index (χ1n) is 7.26. The molecule has 0 aliphatic carbocycles. The Bertz CT molecular complexity index is 651. The molecule has 2 aromatic rings. The zero-order chi connectivity index (χ0) is 14.9. The van der Waals surface area contributed by atoms with Gasteiger partial charge in [0.25, 0.3) is 0 Å². The van der Waals surface area contributed by atoms with Crippen molar-refractivity contribution in [3.8, 4) is 0 Å². The van der Waals surface area contributed by atoms with Crippen molar-refractivity contribution in [3.63, 3.8) is 0 Å². The number of pyridine rings is 2. The Morgan fingerprint density at radius 2 is 2.05 bits per heavy atom. The zero-order valence-electron chi connectivity index (χ0n) is 12.3. The second-order valence-electron chi connectivity index (χ2n) is 5.50. The molecule has 1 aliphatic heterocycles. The van der Waals surface area contributed by atoms with Gasteiger partial charge < -0.3 is 0 Å². The van der Waals surface area contributed by atoms with E-state index < -0.39 is 0 Å². The molecule has 0 saturated carbocycles. The molecule has 0 amide bonds. The summed E-state index contributed by atoms with van der Waals surface area (Å²) in [4.78, 5) is 13.5. The van der Waals surface area contributed by atoms with Crippen LogP contribution >= 0.6 is 11.6 Å². The van der Waals surface area contributed by atoms with Crippen LogP contribution < -0.4 is 0 Å². The van der Waals surface area contributed by atoms with E-state index in [4.69, 9.17) is 16.6 Å². The third kappa shape index (κ3) is 2.36. The molecule has 4 heteroatoms. The fourth-order valence-corrected chi connectivity index (χ4v) is 3.47. The third-order valence-corrected chi connectivity index (χ3v) is 4.40. The molecular formula is C17H18ClN3. The minimum Gasteiger partial charge on any atom is -0.290 e. The lowest BCUT2D eigenvalue weighted by atomic mass is 9.69. The number of hydrogen-bond donors (Lipinski definition) is 0. The van der Waals surface area contributed by atoms with Crippen LogP contribution in [-0.4, -0.2) is 21.7 Å². The molecule has 1 unspecified atom stereocenters. The van der Waals surface area contributed by atoms with Gasteiger partial charge in [-0.25, -0.2) is 4.98 Å². The maximum Gasteiger partial charge on any atom is 0.129 e. The lowest BCUT2D eigenvalue weighted by Crippen LogP contribution is -2.34. The molecule has 2 atom stereocenters. The van der Waals surface area contributed by atoms with Gasteiger partial charge in [-0.2, -0.15) is 0 Å². The summed E-state index contributed by atoms with van der Waals surface area (Å²) in [6.07, 6.45) is 7.49. The Morgan fingerprint density at radius 1 is 1.24 bits per heavy atom. The number of halogens is 1. The van der Waals surface area contributed by atoms with E-state index in [0.29, 0.717) is 11.2 Å². The normalized spacial score (nSPS) is 24.9. The fourth-order valence-electron chi connectivity index (χ4n) is 3.35. The Labute approximate surface area is 130 Å². The van der Waals surface area contributed by atoms with Gasteiger partial charge in [0.1, 0.15) is 5.15 Å². The van der Waals surface area contributed by atoms with Crippen LogP contribution in [0.15, 0.2) is 47.8 Å². The minimum absolute atomic E-state index is 0.222. The van der Waals surface area contributed by atoms with E-state index in [0.717, 1.165) is 18.4 Å². The van der Waals surface area contributed by atoms with Crippen molar-refractivity contribution in [2.24, 2.45) is 4.99 Å². The van der Waals surface area contributed by atoms with Crippen molar-refractivity contribution in [2.75, 3.05) is 0 Å².